The molecule has 0 aromatic heterocycles. The molecule has 0 aromatic rings. The summed E-state index contributed by atoms with van der Waals surface area (Å²) in [5.74, 6) is 0. The van der Waals surface area contributed by atoms with E-state index in [9.17, 15) is 0 Å². The molecule has 0 bridgehead atoms. The first-order valence-corrected chi connectivity index (χ1v) is 5.56. The Balaban J connectivity index is 0. The Morgan fingerprint density at radius 3 is 1.92 bits per heavy atom. The predicted octanol–water partition coefficient (Wildman–Crippen LogP) is 3.72. The van der Waals surface area contributed by atoms with Gasteiger partial charge in [-0.25, -0.2) is 0 Å². The second-order valence-corrected chi connectivity index (χ2v) is 3.04. The first kappa shape index (κ1) is 14.5. The van der Waals surface area contributed by atoms with Crippen LogP contribution in [0.15, 0.2) is 0 Å². The maximum atomic E-state index is 5.82. The average Bonchev–Trinajstić information content (AvgIpc) is 2.09. The molecule has 76 valence electrons. The molecule has 0 aliphatic rings. The third-order valence-electron chi connectivity index (χ3n) is 1.84. The van der Waals surface area contributed by atoms with Crippen LogP contribution >= 0.6 is 0 Å². The zero-order valence-corrected chi connectivity index (χ0v) is 9.40. The van der Waals surface area contributed by atoms with Gasteiger partial charge < -0.3 is 5.73 Å². The topological polar surface area (TPSA) is 26.0 Å². The Bertz CT molecular complexity index is 62.0. The minimum absolute atomic E-state index is 0.469. The number of hydrogen-bond donors (Lipinski definition) is 1. The molecule has 1 nitrogen and oxygen atoms in total. The molecule has 0 aromatic carbocycles. The monoisotopic (exact) mass is 173 g/mol. The van der Waals surface area contributed by atoms with E-state index in [4.69, 9.17) is 5.73 Å². The first-order chi connectivity index (χ1) is 5.81. The van der Waals surface area contributed by atoms with Crippen molar-refractivity contribution >= 4 is 0 Å². The van der Waals surface area contributed by atoms with Gasteiger partial charge in [0.15, 0.2) is 0 Å². The fourth-order valence-corrected chi connectivity index (χ4v) is 1.17. The molecule has 0 spiro atoms. The maximum absolute atomic E-state index is 5.82. The summed E-state index contributed by atoms with van der Waals surface area (Å²) in [7, 11) is 0. The SMILES string of the molecule is CC.CCCCCC(N)CCC. The van der Waals surface area contributed by atoms with Crippen molar-refractivity contribution in [1.29, 1.82) is 0 Å². The lowest BCUT2D eigenvalue weighted by atomic mass is 10.1. The van der Waals surface area contributed by atoms with E-state index in [1.807, 2.05) is 13.8 Å². The highest BCUT2D eigenvalue weighted by atomic mass is 14.6. The number of nitrogens with two attached hydrogens (primary N) is 1. The molecule has 1 unspecified atom stereocenters. The molecule has 0 aliphatic carbocycles. The molecule has 12 heavy (non-hydrogen) atoms. The molecular formula is C11H27N. The normalized spacial score (nSPS) is 11.8. The van der Waals surface area contributed by atoms with E-state index < -0.39 is 0 Å². The van der Waals surface area contributed by atoms with Gasteiger partial charge in [-0.05, 0) is 12.8 Å². The number of unbranched alkanes of at least 4 members (excludes halogenated alkanes) is 2. The first-order valence-electron chi connectivity index (χ1n) is 5.56. The van der Waals surface area contributed by atoms with Gasteiger partial charge in [0.25, 0.3) is 0 Å². The van der Waals surface area contributed by atoms with Crippen molar-refractivity contribution in [2.45, 2.75) is 72.3 Å². The van der Waals surface area contributed by atoms with Gasteiger partial charge in [0.1, 0.15) is 0 Å². The Kier molecular flexibility index (Phi) is 16.3. The van der Waals surface area contributed by atoms with Crippen molar-refractivity contribution in [2.75, 3.05) is 0 Å². The molecule has 0 rings (SSSR count). The zero-order chi connectivity index (χ0) is 9.82. The van der Waals surface area contributed by atoms with Crippen LogP contribution in [-0.4, -0.2) is 6.04 Å². The van der Waals surface area contributed by atoms with Gasteiger partial charge in [0.05, 0.1) is 0 Å². The van der Waals surface area contributed by atoms with E-state index in [0.29, 0.717) is 6.04 Å². The van der Waals surface area contributed by atoms with Crippen LogP contribution in [0.5, 0.6) is 0 Å². The minimum Gasteiger partial charge on any atom is -0.328 e. The molecule has 0 saturated heterocycles. The molecule has 1 atom stereocenters. The average molecular weight is 173 g/mol. The van der Waals surface area contributed by atoms with Gasteiger partial charge in [0.2, 0.25) is 0 Å². The van der Waals surface area contributed by atoms with Crippen molar-refractivity contribution < 1.29 is 0 Å². The molecule has 0 saturated carbocycles. The predicted molar refractivity (Wildman–Crippen MR) is 58.4 cm³/mol. The Morgan fingerprint density at radius 1 is 0.917 bits per heavy atom. The standard InChI is InChI=1S/C9H21N.C2H6/c1-3-5-6-8-9(10)7-4-2;1-2/h9H,3-8,10H2,1-2H3;1-2H3. The molecule has 0 amide bonds. The van der Waals surface area contributed by atoms with Crippen molar-refractivity contribution in [2.24, 2.45) is 5.73 Å². The quantitative estimate of drug-likeness (QED) is 0.609. The molecule has 0 heterocycles. The van der Waals surface area contributed by atoms with Crippen LogP contribution in [-0.2, 0) is 0 Å². The summed E-state index contributed by atoms with van der Waals surface area (Å²) in [5, 5.41) is 0. The van der Waals surface area contributed by atoms with Gasteiger partial charge in [-0.3, -0.25) is 0 Å². The summed E-state index contributed by atoms with van der Waals surface area (Å²) < 4.78 is 0. The van der Waals surface area contributed by atoms with Gasteiger partial charge >= 0.3 is 0 Å². The lowest BCUT2D eigenvalue weighted by Crippen LogP contribution is -2.18. The number of rotatable bonds is 6. The third kappa shape index (κ3) is 12.6. The summed E-state index contributed by atoms with van der Waals surface area (Å²) in [6.45, 7) is 8.42. The van der Waals surface area contributed by atoms with E-state index in [-0.39, 0.29) is 0 Å². The highest BCUT2D eigenvalue weighted by molar-refractivity contribution is 4.59. The maximum Gasteiger partial charge on any atom is 0.00387 e. The van der Waals surface area contributed by atoms with E-state index in [0.717, 1.165) is 0 Å². The highest BCUT2D eigenvalue weighted by Crippen LogP contribution is 2.05. The van der Waals surface area contributed by atoms with Crippen molar-refractivity contribution in [3.8, 4) is 0 Å². The van der Waals surface area contributed by atoms with Gasteiger partial charge in [-0.15, -0.1) is 0 Å². The van der Waals surface area contributed by atoms with Crippen molar-refractivity contribution in [3.05, 3.63) is 0 Å². The fraction of sp³-hybridized carbons (Fsp3) is 1.00. The van der Waals surface area contributed by atoms with Crippen LogP contribution in [0.3, 0.4) is 0 Å². The second kappa shape index (κ2) is 13.5. The molecule has 0 radical (unpaired) electrons. The molecule has 1 heteroatoms. The second-order valence-electron chi connectivity index (χ2n) is 3.04. The van der Waals surface area contributed by atoms with Crippen LogP contribution in [0.2, 0.25) is 0 Å². The van der Waals surface area contributed by atoms with Gasteiger partial charge in [-0.2, -0.15) is 0 Å². The summed E-state index contributed by atoms with van der Waals surface area (Å²) in [4.78, 5) is 0. The Morgan fingerprint density at radius 2 is 1.50 bits per heavy atom. The van der Waals surface area contributed by atoms with E-state index in [1.165, 1.54) is 38.5 Å². The zero-order valence-electron chi connectivity index (χ0n) is 9.40. The summed E-state index contributed by atoms with van der Waals surface area (Å²) in [5.41, 5.74) is 5.82. The van der Waals surface area contributed by atoms with Crippen LogP contribution in [0.1, 0.15) is 66.2 Å². The van der Waals surface area contributed by atoms with Gasteiger partial charge in [0, 0.05) is 6.04 Å². The molecular weight excluding hydrogens is 146 g/mol. The van der Waals surface area contributed by atoms with Crippen LogP contribution in [0, 0.1) is 0 Å². The Hall–Kier alpha value is -0.0400. The minimum atomic E-state index is 0.469. The molecule has 0 aliphatic heterocycles. The fourth-order valence-electron chi connectivity index (χ4n) is 1.17. The van der Waals surface area contributed by atoms with E-state index in [1.54, 1.807) is 0 Å². The van der Waals surface area contributed by atoms with Crippen molar-refractivity contribution in [1.82, 2.24) is 0 Å². The third-order valence-corrected chi connectivity index (χ3v) is 1.84. The molecule has 2 N–H and O–H groups in total. The largest absolute Gasteiger partial charge is 0.328 e. The van der Waals surface area contributed by atoms with Crippen LogP contribution in [0.25, 0.3) is 0 Å². The number of hydrogen-bond acceptors (Lipinski definition) is 1. The Labute approximate surface area is 78.7 Å². The lowest BCUT2D eigenvalue weighted by Gasteiger charge is -2.08. The smallest absolute Gasteiger partial charge is 0.00387 e. The molecule has 0 fully saturated rings. The highest BCUT2D eigenvalue weighted by Gasteiger charge is 1.98. The van der Waals surface area contributed by atoms with Crippen LogP contribution in [0.4, 0.5) is 0 Å². The van der Waals surface area contributed by atoms with Crippen molar-refractivity contribution in [3.63, 3.8) is 0 Å². The summed E-state index contributed by atoms with van der Waals surface area (Å²) in [6.07, 6.45) is 7.62. The van der Waals surface area contributed by atoms with Gasteiger partial charge in [-0.1, -0.05) is 53.4 Å². The summed E-state index contributed by atoms with van der Waals surface area (Å²) >= 11 is 0. The summed E-state index contributed by atoms with van der Waals surface area (Å²) in [6, 6.07) is 0.469. The van der Waals surface area contributed by atoms with E-state index >= 15 is 0 Å². The lowest BCUT2D eigenvalue weighted by molar-refractivity contribution is 0.524. The van der Waals surface area contributed by atoms with Crippen LogP contribution < -0.4 is 5.73 Å². The van der Waals surface area contributed by atoms with E-state index in [2.05, 4.69) is 13.8 Å².